The molecule has 0 fully saturated rings. The van der Waals surface area contributed by atoms with Crippen molar-refractivity contribution in [3.8, 4) is 11.1 Å². The fourth-order valence-corrected chi connectivity index (χ4v) is 3.99. The monoisotopic (exact) mass is 383 g/mol. The molecule has 0 atom stereocenters. The van der Waals surface area contributed by atoms with Gasteiger partial charge in [0.2, 0.25) is 10.0 Å². The molecule has 10 heteroatoms. The fraction of sp³-hybridized carbons (Fsp3) is 0. The van der Waals surface area contributed by atoms with Crippen LogP contribution in [0, 0.1) is 5.82 Å². The molecule has 4 aromatic rings. The zero-order chi connectivity index (χ0) is 17.1. The predicted octanol–water partition coefficient (Wildman–Crippen LogP) is 3.54. The maximum absolute atomic E-state index is 14.1. The van der Waals surface area contributed by atoms with E-state index in [1.807, 2.05) is 0 Å². The van der Waals surface area contributed by atoms with Gasteiger partial charge in [-0.25, -0.2) is 17.9 Å². The van der Waals surface area contributed by atoms with Crippen molar-refractivity contribution < 1.29 is 17.2 Å². The first kappa shape index (κ1) is 15.5. The summed E-state index contributed by atoms with van der Waals surface area (Å²) in [6.45, 7) is 0. The van der Waals surface area contributed by atoms with E-state index in [1.165, 1.54) is 18.4 Å². The fourth-order valence-electron chi connectivity index (χ4n) is 2.54. The van der Waals surface area contributed by atoms with Crippen molar-refractivity contribution in [2.45, 2.75) is 4.90 Å². The standard InChI is InChI=1S/C14H7ClFN3O3S2/c15-9-3-1-7-8(5-22-14(7)11(9)16)6-2-4-10(24(17,20)21)13-12(6)18-23-19-13/h1-5H,(H2,17,20,21). The summed E-state index contributed by atoms with van der Waals surface area (Å²) in [4.78, 5) is -0.114. The molecule has 0 bridgehead atoms. The minimum atomic E-state index is -3.94. The van der Waals surface area contributed by atoms with Crippen LogP contribution in [0.4, 0.5) is 4.39 Å². The number of primary sulfonamides is 1. The average molecular weight is 384 g/mol. The van der Waals surface area contributed by atoms with Crippen LogP contribution >= 0.6 is 23.3 Å². The number of halogens is 2. The van der Waals surface area contributed by atoms with Gasteiger partial charge in [0.05, 0.1) is 23.0 Å². The van der Waals surface area contributed by atoms with Gasteiger partial charge in [0.1, 0.15) is 15.9 Å². The number of aromatic nitrogens is 2. The molecule has 0 amide bonds. The second-order valence-corrected chi connectivity index (χ2v) is 7.47. The van der Waals surface area contributed by atoms with Crippen LogP contribution in [0.1, 0.15) is 0 Å². The number of hydrogen-bond donors (Lipinski definition) is 1. The SMILES string of the molecule is NS(=O)(=O)c1ccc(-c2coc3c(F)c(Cl)ccc23)c2nsnc12. The number of fused-ring (bicyclic) bond motifs is 2. The largest absolute Gasteiger partial charge is 0.461 e. The maximum atomic E-state index is 14.1. The van der Waals surface area contributed by atoms with Crippen LogP contribution < -0.4 is 5.14 Å². The van der Waals surface area contributed by atoms with Gasteiger partial charge in [-0.3, -0.25) is 0 Å². The summed E-state index contributed by atoms with van der Waals surface area (Å²) in [5, 5.41) is 5.65. The molecule has 2 heterocycles. The third-order valence-corrected chi connectivity index (χ3v) is 5.37. The summed E-state index contributed by atoms with van der Waals surface area (Å²) < 4.78 is 50.8. The highest BCUT2D eigenvalue weighted by molar-refractivity contribution is 7.89. The molecule has 0 aliphatic carbocycles. The van der Waals surface area contributed by atoms with Crippen molar-refractivity contribution in [1.29, 1.82) is 0 Å². The van der Waals surface area contributed by atoms with Gasteiger partial charge in [0.25, 0.3) is 0 Å². The molecule has 2 N–H and O–H groups in total. The lowest BCUT2D eigenvalue weighted by molar-refractivity contribution is 0.561. The molecule has 0 unspecified atom stereocenters. The van der Waals surface area contributed by atoms with Gasteiger partial charge in [-0.2, -0.15) is 8.75 Å². The lowest BCUT2D eigenvalue weighted by Gasteiger charge is -2.04. The van der Waals surface area contributed by atoms with E-state index in [0.717, 1.165) is 11.7 Å². The van der Waals surface area contributed by atoms with Crippen molar-refractivity contribution in [2.75, 3.05) is 0 Å². The normalized spacial score (nSPS) is 12.3. The number of nitrogens with zero attached hydrogens (tertiary/aromatic N) is 2. The lowest BCUT2D eigenvalue weighted by Crippen LogP contribution is -2.12. The number of sulfonamides is 1. The van der Waals surface area contributed by atoms with Gasteiger partial charge >= 0.3 is 0 Å². The Kier molecular flexibility index (Phi) is 3.36. The Bertz CT molecular complexity index is 1220. The molecule has 0 aliphatic heterocycles. The molecule has 2 aromatic heterocycles. The number of hydrogen-bond acceptors (Lipinski definition) is 6. The molecular weight excluding hydrogens is 377 g/mol. The molecular formula is C14H7ClFN3O3S2. The third-order valence-electron chi connectivity index (χ3n) is 3.61. The summed E-state index contributed by atoms with van der Waals surface area (Å²) >= 11 is 6.62. The summed E-state index contributed by atoms with van der Waals surface area (Å²) in [6.07, 6.45) is 1.37. The highest BCUT2D eigenvalue weighted by Gasteiger charge is 2.21. The molecule has 0 radical (unpaired) electrons. The number of nitrogens with two attached hydrogens (primary N) is 1. The number of rotatable bonds is 2. The number of benzene rings is 2. The molecule has 0 aliphatic rings. The highest BCUT2D eigenvalue weighted by atomic mass is 35.5. The van der Waals surface area contributed by atoms with E-state index in [9.17, 15) is 12.8 Å². The topological polar surface area (TPSA) is 99.1 Å². The van der Waals surface area contributed by atoms with Crippen molar-refractivity contribution in [3.63, 3.8) is 0 Å². The lowest BCUT2D eigenvalue weighted by atomic mass is 10.0. The Morgan fingerprint density at radius 1 is 1.12 bits per heavy atom. The Hall–Kier alpha value is -2.07. The predicted molar refractivity (Wildman–Crippen MR) is 89.0 cm³/mol. The van der Waals surface area contributed by atoms with Gasteiger partial charge in [0, 0.05) is 16.5 Å². The smallest absolute Gasteiger partial charge is 0.240 e. The molecule has 24 heavy (non-hydrogen) atoms. The molecule has 6 nitrogen and oxygen atoms in total. The van der Waals surface area contributed by atoms with Crippen LogP contribution in [0.2, 0.25) is 5.02 Å². The second kappa shape index (κ2) is 5.21. The van der Waals surface area contributed by atoms with Crippen LogP contribution in [-0.2, 0) is 10.0 Å². The van der Waals surface area contributed by atoms with Crippen LogP contribution in [0.15, 0.2) is 39.8 Å². The molecule has 2 aromatic carbocycles. The zero-order valence-corrected chi connectivity index (χ0v) is 14.0. The van der Waals surface area contributed by atoms with Gasteiger partial charge in [-0.05, 0) is 18.2 Å². The van der Waals surface area contributed by atoms with Crippen molar-refractivity contribution in [3.05, 3.63) is 41.4 Å². The Morgan fingerprint density at radius 3 is 2.62 bits per heavy atom. The average Bonchev–Trinajstić information content (AvgIpc) is 3.16. The van der Waals surface area contributed by atoms with E-state index < -0.39 is 15.8 Å². The Balaban J connectivity index is 2.06. The van der Waals surface area contributed by atoms with E-state index in [1.54, 1.807) is 12.1 Å². The summed E-state index contributed by atoms with van der Waals surface area (Å²) in [5.74, 6) is -0.658. The van der Waals surface area contributed by atoms with Crippen LogP contribution in [0.3, 0.4) is 0 Å². The number of furan rings is 1. The Labute approximate surface area is 144 Å². The van der Waals surface area contributed by atoms with Crippen molar-refractivity contribution in [1.82, 2.24) is 8.75 Å². The van der Waals surface area contributed by atoms with Gasteiger partial charge in [0.15, 0.2) is 11.4 Å². The molecule has 4 rings (SSSR count). The first-order valence-electron chi connectivity index (χ1n) is 6.51. The van der Waals surface area contributed by atoms with Gasteiger partial charge in [-0.1, -0.05) is 17.7 Å². The van der Waals surface area contributed by atoms with E-state index >= 15 is 0 Å². The second-order valence-electron chi connectivity index (χ2n) is 5.01. The highest BCUT2D eigenvalue weighted by Crippen LogP contribution is 2.38. The minimum absolute atomic E-state index is 0.0179. The molecule has 0 saturated carbocycles. The minimum Gasteiger partial charge on any atom is -0.461 e. The van der Waals surface area contributed by atoms with Crippen LogP contribution in [0.5, 0.6) is 0 Å². The Morgan fingerprint density at radius 2 is 1.88 bits per heavy atom. The first-order chi connectivity index (χ1) is 11.4. The summed E-state index contributed by atoms with van der Waals surface area (Å²) in [5.41, 5.74) is 1.66. The van der Waals surface area contributed by atoms with Gasteiger partial charge < -0.3 is 4.42 Å². The molecule has 0 spiro atoms. The molecule has 122 valence electrons. The third kappa shape index (κ3) is 2.20. The van der Waals surface area contributed by atoms with Crippen LogP contribution in [0.25, 0.3) is 33.1 Å². The van der Waals surface area contributed by atoms with E-state index in [-0.39, 0.29) is 21.0 Å². The summed E-state index contributed by atoms with van der Waals surface area (Å²) in [7, 11) is -3.94. The van der Waals surface area contributed by atoms with E-state index in [2.05, 4.69) is 8.75 Å². The quantitative estimate of drug-likeness (QED) is 0.570. The summed E-state index contributed by atoms with van der Waals surface area (Å²) in [6, 6.07) is 5.94. The first-order valence-corrected chi connectivity index (χ1v) is 9.17. The van der Waals surface area contributed by atoms with Crippen molar-refractivity contribution in [2.24, 2.45) is 5.14 Å². The van der Waals surface area contributed by atoms with Crippen LogP contribution in [-0.4, -0.2) is 17.2 Å². The maximum Gasteiger partial charge on any atom is 0.240 e. The van der Waals surface area contributed by atoms with E-state index in [0.29, 0.717) is 22.0 Å². The van der Waals surface area contributed by atoms with Crippen molar-refractivity contribution >= 4 is 55.4 Å². The zero-order valence-electron chi connectivity index (χ0n) is 11.7. The molecule has 0 saturated heterocycles. The van der Waals surface area contributed by atoms with Gasteiger partial charge in [-0.15, -0.1) is 0 Å². The van der Waals surface area contributed by atoms with E-state index in [4.69, 9.17) is 21.2 Å².